The van der Waals surface area contributed by atoms with Gasteiger partial charge in [-0.05, 0) is 18.2 Å². The Hall–Kier alpha value is -1.30. The van der Waals surface area contributed by atoms with Crippen molar-refractivity contribution in [3.8, 4) is 5.75 Å². The van der Waals surface area contributed by atoms with Crippen LogP contribution >= 0.6 is 11.6 Å². The Bertz CT molecular complexity index is 447. The fourth-order valence-corrected chi connectivity index (χ4v) is 2.14. The molecule has 0 saturated carbocycles. The van der Waals surface area contributed by atoms with Gasteiger partial charge in [0.15, 0.2) is 0 Å². The second-order valence-electron chi connectivity index (χ2n) is 4.35. The lowest BCUT2D eigenvalue weighted by molar-refractivity contribution is -0.118. The SMILES string of the molecule is COc1ccc(NC(=O)CN2CC(N)C2)cc1Cl. The minimum atomic E-state index is -0.0665. The first-order valence-corrected chi connectivity index (χ1v) is 6.07. The second kappa shape index (κ2) is 5.56. The average molecular weight is 270 g/mol. The number of nitrogens with two attached hydrogens (primary N) is 1. The molecule has 2 rings (SSSR count). The topological polar surface area (TPSA) is 67.6 Å². The Kier molecular flexibility index (Phi) is 4.06. The molecule has 3 N–H and O–H groups in total. The summed E-state index contributed by atoms with van der Waals surface area (Å²) in [5, 5.41) is 3.26. The van der Waals surface area contributed by atoms with Gasteiger partial charge in [0.25, 0.3) is 0 Å². The maximum Gasteiger partial charge on any atom is 0.238 e. The standard InChI is InChI=1S/C12H16ClN3O2/c1-18-11-3-2-9(4-10(11)13)15-12(17)7-16-5-8(14)6-16/h2-4,8H,5-7,14H2,1H3,(H,15,17). The fourth-order valence-electron chi connectivity index (χ4n) is 1.89. The van der Waals surface area contributed by atoms with Gasteiger partial charge in [-0.15, -0.1) is 0 Å². The highest BCUT2D eigenvalue weighted by atomic mass is 35.5. The van der Waals surface area contributed by atoms with Crippen molar-refractivity contribution in [2.75, 3.05) is 32.1 Å². The van der Waals surface area contributed by atoms with Gasteiger partial charge in [-0.25, -0.2) is 0 Å². The van der Waals surface area contributed by atoms with Crippen molar-refractivity contribution in [2.45, 2.75) is 6.04 Å². The van der Waals surface area contributed by atoms with E-state index in [0.717, 1.165) is 13.1 Å². The van der Waals surface area contributed by atoms with Gasteiger partial charge in [-0.3, -0.25) is 9.69 Å². The minimum absolute atomic E-state index is 0.0665. The Labute approximate surface area is 111 Å². The van der Waals surface area contributed by atoms with Crippen molar-refractivity contribution >= 4 is 23.2 Å². The molecular weight excluding hydrogens is 254 g/mol. The molecular formula is C12H16ClN3O2. The zero-order chi connectivity index (χ0) is 13.1. The molecule has 0 bridgehead atoms. The van der Waals surface area contributed by atoms with Crippen LogP contribution in [0.15, 0.2) is 18.2 Å². The molecule has 1 aromatic rings. The fraction of sp³-hybridized carbons (Fsp3) is 0.417. The van der Waals surface area contributed by atoms with Crippen LogP contribution in [0.3, 0.4) is 0 Å². The summed E-state index contributed by atoms with van der Waals surface area (Å²) in [4.78, 5) is 13.7. The lowest BCUT2D eigenvalue weighted by Gasteiger charge is -2.36. The molecule has 1 amide bonds. The van der Waals surface area contributed by atoms with Crippen molar-refractivity contribution in [1.82, 2.24) is 4.90 Å². The Balaban J connectivity index is 1.88. The van der Waals surface area contributed by atoms with Crippen LogP contribution in [0.4, 0.5) is 5.69 Å². The first-order valence-electron chi connectivity index (χ1n) is 5.70. The summed E-state index contributed by atoms with van der Waals surface area (Å²) in [5.74, 6) is 0.520. The molecule has 1 heterocycles. The molecule has 5 nitrogen and oxygen atoms in total. The Morgan fingerprint density at radius 3 is 2.89 bits per heavy atom. The van der Waals surface area contributed by atoms with Crippen LogP contribution in [0.5, 0.6) is 5.75 Å². The Morgan fingerprint density at radius 2 is 2.33 bits per heavy atom. The molecule has 0 radical (unpaired) electrons. The van der Waals surface area contributed by atoms with E-state index in [0.29, 0.717) is 23.0 Å². The number of benzene rings is 1. The third kappa shape index (κ3) is 3.13. The number of amides is 1. The van der Waals surface area contributed by atoms with Crippen LogP contribution in [-0.4, -0.2) is 43.6 Å². The van der Waals surface area contributed by atoms with Crippen molar-refractivity contribution in [3.05, 3.63) is 23.2 Å². The summed E-state index contributed by atoms with van der Waals surface area (Å²) >= 11 is 5.97. The number of halogens is 1. The highest BCUT2D eigenvalue weighted by Crippen LogP contribution is 2.27. The van der Waals surface area contributed by atoms with E-state index in [1.54, 1.807) is 25.3 Å². The number of hydrogen-bond acceptors (Lipinski definition) is 4. The quantitative estimate of drug-likeness (QED) is 0.853. The second-order valence-corrected chi connectivity index (χ2v) is 4.76. The molecule has 1 aliphatic heterocycles. The molecule has 18 heavy (non-hydrogen) atoms. The number of carbonyl (C=O) groups excluding carboxylic acids is 1. The van der Waals surface area contributed by atoms with E-state index in [1.807, 2.05) is 4.90 Å². The van der Waals surface area contributed by atoms with E-state index in [4.69, 9.17) is 22.1 Å². The largest absolute Gasteiger partial charge is 0.495 e. The molecule has 0 spiro atoms. The summed E-state index contributed by atoms with van der Waals surface area (Å²) in [6.07, 6.45) is 0. The predicted molar refractivity (Wildman–Crippen MR) is 71.0 cm³/mol. The minimum Gasteiger partial charge on any atom is -0.495 e. The molecule has 6 heteroatoms. The molecule has 0 aromatic heterocycles. The summed E-state index contributed by atoms with van der Waals surface area (Å²) in [6.45, 7) is 1.91. The van der Waals surface area contributed by atoms with Gasteiger partial charge in [0.1, 0.15) is 5.75 Å². The summed E-state index contributed by atoms with van der Waals surface area (Å²) < 4.78 is 5.04. The van der Waals surface area contributed by atoms with Crippen molar-refractivity contribution in [2.24, 2.45) is 5.73 Å². The number of rotatable bonds is 4. The molecule has 1 fully saturated rings. The van der Waals surface area contributed by atoms with Crippen molar-refractivity contribution in [3.63, 3.8) is 0 Å². The number of ether oxygens (including phenoxy) is 1. The molecule has 1 saturated heterocycles. The first-order chi connectivity index (χ1) is 8.58. The van der Waals surface area contributed by atoms with Crippen LogP contribution in [0.2, 0.25) is 5.02 Å². The van der Waals surface area contributed by atoms with Gasteiger partial charge >= 0.3 is 0 Å². The Morgan fingerprint density at radius 1 is 1.61 bits per heavy atom. The molecule has 0 atom stereocenters. The first kappa shape index (κ1) is 13.1. The lowest BCUT2D eigenvalue weighted by atomic mass is 10.1. The van der Waals surface area contributed by atoms with Crippen LogP contribution in [0.1, 0.15) is 0 Å². The normalized spacial score (nSPS) is 16.2. The number of methoxy groups -OCH3 is 1. The number of nitrogens with one attached hydrogen (secondary N) is 1. The lowest BCUT2D eigenvalue weighted by Crippen LogP contribution is -2.57. The van der Waals surface area contributed by atoms with Gasteiger partial charge in [0, 0.05) is 24.8 Å². The number of nitrogens with zero attached hydrogens (tertiary/aromatic N) is 1. The smallest absolute Gasteiger partial charge is 0.238 e. The number of anilines is 1. The maximum atomic E-state index is 11.7. The van der Waals surface area contributed by atoms with Crippen molar-refractivity contribution < 1.29 is 9.53 Å². The van der Waals surface area contributed by atoms with Crippen LogP contribution in [-0.2, 0) is 4.79 Å². The summed E-state index contributed by atoms with van der Waals surface area (Å²) in [5.41, 5.74) is 6.31. The average Bonchev–Trinajstić information content (AvgIpc) is 2.27. The molecule has 0 aliphatic carbocycles. The van der Waals surface area contributed by atoms with E-state index in [-0.39, 0.29) is 11.9 Å². The molecule has 1 aromatic carbocycles. The van der Waals surface area contributed by atoms with E-state index < -0.39 is 0 Å². The molecule has 1 aliphatic rings. The van der Waals surface area contributed by atoms with Gasteiger partial charge in [0.2, 0.25) is 5.91 Å². The number of likely N-dealkylation sites (tertiary alicyclic amines) is 1. The number of carbonyl (C=O) groups is 1. The monoisotopic (exact) mass is 269 g/mol. The third-order valence-corrected chi connectivity index (χ3v) is 3.08. The molecule has 98 valence electrons. The van der Waals surface area contributed by atoms with E-state index >= 15 is 0 Å². The molecule has 0 unspecified atom stereocenters. The van der Waals surface area contributed by atoms with E-state index in [9.17, 15) is 4.79 Å². The van der Waals surface area contributed by atoms with Crippen LogP contribution in [0, 0.1) is 0 Å². The maximum absolute atomic E-state index is 11.7. The van der Waals surface area contributed by atoms with Crippen LogP contribution < -0.4 is 15.8 Å². The zero-order valence-corrected chi connectivity index (χ0v) is 10.9. The van der Waals surface area contributed by atoms with E-state index in [1.165, 1.54) is 0 Å². The van der Waals surface area contributed by atoms with Gasteiger partial charge in [-0.1, -0.05) is 11.6 Å². The van der Waals surface area contributed by atoms with Crippen LogP contribution in [0.25, 0.3) is 0 Å². The van der Waals surface area contributed by atoms with Crippen molar-refractivity contribution in [1.29, 1.82) is 0 Å². The van der Waals surface area contributed by atoms with Gasteiger partial charge in [-0.2, -0.15) is 0 Å². The highest BCUT2D eigenvalue weighted by molar-refractivity contribution is 6.32. The van der Waals surface area contributed by atoms with Gasteiger partial charge < -0.3 is 15.8 Å². The van der Waals surface area contributed by atoms with Gasteiger partial charge in [0.05, 0.1) is 18.7 Å². The predicted octanol–water partition coefficient (Wildman–Crippen LogP) is 0.930. The summed E-state index contributed by atoms with van der Waals surface area (Å²) in [7, 11) is 1.55. The highest BCUT2D eigenvalue weighted by Gasteiger charge is 2.24. The zero-order valence-electron chi connectivity index (χ0n) is 10.1. The van der Waals surface area contributed by atoms with E-state index in [2.05, 4.69) is 5.32 Å². The number of hydrogen-bond donors (Lipinski definition) is 2. The summed E-state index contributed by atoms with van der Waals surface area (Å²) in [6, 6.07) is 5.34. The third-order valence-electron chi connectivity index (χ3n) is 2.79.